The lowest BCUT2D eigenvalue weighted by atomic mass is 10.1. The Morgan fingerprint density at radius 2 is 1.37 bits per heavy atom. The molecule has 10 nitrogen and oxygen atoms in total. The van der Waals surface area contributed by atoms with Crippen LogP contribution in [0.3, 0.4) is 0 Å². The summed E-state index contributed by atoms with van der Waals surface area (Å²) >= 11 is 0. The fourth-order valence-corrected chi connectivity index (χ4v) is 5.87. The molecule has 0 saturated carbocycles. The standard InChI is InChI=1S/C36H34N6O4/c1-2-46-41-20-15-26-21-28(7-13-33(26)41)38-36(45)25-5-11-31(12-6-25)42-34-14-8-29(22-27(34)23-37-42)39-35(44)24-3-9-30(10-4-24)40-18-16-32(43)17-19-40/h3-15,20-23,32,43H,2,16-19H2,1H3,(H,38,45)(H,39,44). The Hall–Kier alpha value is -5.61. The zero-order chi connectivity index (χ0) is 31.6. The van der Waals surface area contributed by atoms with E-state index in [1.165, 1.54) is 0 Å². The van der Waals surface area contributed by atoms with Crippen LogP contribution in [0.1, 0.15) is 40.5 Å². The van der Waals surface area contributed by atoms with Gasteiger partial charge in [-0.15, -0.1) is 0 Å². The first-order valence-electron chi connectivity index (χ1n) is 15.4. The summed E-state index contributed by atoms with van der Waals surface area (Å²) in [6.45, 7) is 4.12. The topological polar surface area (TPSA) is 114 Å². The maximum atomic E-state index is 13.0. The molecular formula is C36H34N6O4. The number of carbonyl (C=O) groups excluding carboxylic acids is 2. The first-order valence-corrected chi connectivity index (χ1v) is 15.4. The molecule has 1 aliphatic heterocycles. The van der Waals surface area contributed by atoms with Crippen LogP contribution in [-0.4, -0.2) is 57.2 Å². The van der Waals surface area contributed by atoms with Crippen molar-refractivity contribution in [2.75, 3.05) is 35.2 Å². The fourth-order valence-electron chi connectivity index (χ4n) is 5.87. The monoisotopic (exact) mass is 614 g/mol. The lowest BCUT2D eigenvalue weighted by molar-refractivity contribution is 0.101. The molecule has 7 rings (SSSR count). The molecule has 0 radical (unpaired) electrons. The Morgan fingerprint density at radius 1 is 0.783 bits per heavy atom. The van der Waals surface area contributed by atoms with Gasteiger partial charge in [0.15, 0.2) is 0 Å². The molecule has 1 fully saturated rings. The highest BCUT2D eigenvalue weighted by Gasteiger charge is 2.18. The van der Waals surface area contributed by atoms with Crippen molar-refractivity contribution in [1.82, 2.24) is 14.5 Å². The van der Waals surface area contributed by atoms with Gasteiger partial charge in [-0.2, -0.15) is 9.83 Å². The van der Waals surface area contributed by atoms with Crippen molar-refractivity contribution in [2.45, 2.75) is 25.9 Å². The second kappa shape index (κ2) is 12.4. The number of amides is 2. The van der Waals surface area contributed by atoms with Gasteiger partial charge in [-0.1, -0.05) is 0 Å². The van der Waals surface area contributed by atoms with Gasteiger partial charge < -0.3 is 25.5 Å². The number of benzene rings is 4. The maximum Gasteiger partial charge on any atom is 0.255 e. The Balaban J connectivity index is 1.00. The van der Waals surface area contributed by atoms with Gasteiger partial charge in [0.25, 0.3) is 11.8 Å². The second-order valence-electron chi connectivity index (χ2n) is 11.4. The zero-order valence-electron chi connectivity index (χ0n) is 25.4. The van der Waals surface area contributed by atoms with Crippen LogP contribution in [0.2, 0.25) is 0 Å². The van der Waals surface area contributed by atoms with Crippen molar-refractivity contribution >= 4 is 50.7 Å². The molecule has 6 aromatic rings. The normalized spacial score (nSPS) is 13.7. The van der Waals surface area contributed by atoms with Gasteiger partial charge >= 0.3 is 0 Å². The number of hydrogen-bond donors (Lipinski definition) is 3. The van der Waals surface area contributed by atoms with E-state index >= 15 is 0 Å². The summed E-state index contributed by atoms with van der Waals surface area (Å²) in [5.74, 6) is -0.396. The molecule has 10 heteroatoms. The van der Waals surface area contributed by atoms with Gasteiger partial charge in [-0.3, -0.25) is 9.59 Å². The number of carbonyl (C=O) groups is 2. The van der Waals surface area contributed by atoms with Gasteiger partial charge in [-0.25, -0.2) is 4.68 Å². The smallest absolute Gasteiger partial charge is 0.255 e. The number of piperidine rings is 1. The summed E-state index contributed by atoms with van der Waals surface area (Å²) in [7, 11) is 0. The fraction of sp³-hybridized carbons (Fsp3) is 0.194. The van der Waals surface area contributed by atoms with E-state index in [9.17, 15) is 14.7 Å². The third-order valence-corrected chi connectivity index (χ3v) is 8.34. The van der Waals surface area contributed by atoms with Crippen LogP contribution in [0, 0.1) is 0 Å². The molecule has 46 heavy (non-hydrogen) atoms. The third-order valence-electron chi connectivity index (χ3n) is 8.34. The molecule has 0 unspecified atom stereocenters. The van der Waals surface area contributed by atoms with Gasteiger partial charge in [0.05, 0.1) is 29.0 Å². The van der Waals surface area contributed by atoms with E-state index in [1.807, 2.05) is 92.0 Å². The zero-order valence-corrected chi connectivity index (χ0v) is 25.4. The molecule has 4 aromatic carbocycles. The molecule has 2 aromatic heterocycles. The second-order valence-corrected chi connectivity index (χ2v) is 11.4. The number of rotatable bonds is 8. The van der Waals surface area contributed by atoms with Gasteiger partial charge in [0.2, 0.25) is 0 Å². The minimum Gasteiger partial charge on any atom is -0.414 e. The average Bonchev–Trinajstić information content (AvgIpc) is 3.69. The molecule has 3 N–H and O–H groups in total. The van der Waals surface area contributed by atoms with Gasteiger partial charge in [0.1, 0.15) is 6.61 Å². The van der Waals surface area contributed by atoms with E-state index in [1.54, 1.807) is 27.7 Å². The largest absolute Gasteiger partial charge is 0.414 e. The van der Waals surface area contributed by atoms with Crippen molar-refractivity contribution in [3.05, 3.63) is 115 Å². The number of nitrogens with one attached hydrogen (secondary N) is 2. The minimum atomic E-state index is -0.224. The van der Waals surface area contributed by atoms with Crippen LogP contribution in [-0.2, 0) is 0 Å². The summed E-state index contributed by atoms with van der Waals surface area (Å²) in [4.78, 5) is 33.8. The third kappa shape index (κ3) is 5.90. The molecule has 232 valence electrons. The van der Waals surface area contributed by atoms with E-state index in [2.05, 4.69) is 20.6 Å². The highest BCUT2D eigenvalue weighted by atomic mass is 16.7. The summed E-state index contributed by atoms with van der Waals surface area (Å²) in [6.07, 6.45) is 4.91. The van der Waals surface area contributed by atoms with Crippen LogP contribution in [0.15, 0.2) is 103 Å². The highest BCUT2D eigenvalue weighted by Crippen LogP contribution is 2.25. The summed E-state index contributed by atoms with van der Waals surface area (Å²) in [5, 5.41) is 22.1. The van der Waals surface area contributed by atoms with E-state index in [0.29, 0.717) is 29.1 Å². The number of nitrogens with zero attached hydrogens (tertiary/aromatic N) is 4. The predicted molar refractivity (Wildman–Crippen MR) is 180 cm³/mol. The van der Waals surface area contributed by atoms with Crippen LogP contribution in [0.4, 0.5) is 17.1 Å². The summed E-state index contributed by atoms with van der Waals surface area (Å²) < 4.78 is 3.53. The van der Waals surface area contributed by atoms with Crippen molar-refractivity contribution in [2.24, 2.45) is 0 Å². The van der Waals surface area contributed by atoms with Crippen LogP contribution in [0.25, 0.3) is 27.5 Å². The van der Waals surface area contributed by atoms with Gasteiger partial charge in [-0.05, 0) is 111 Å². The molecule has 0 bridgehead atoms. The van der Waals surface area contributed by atoms with Crippen molar-refractivity contribution < 1.29 is 19.5 Å². The first kappa shape index (κ1) is 29.1. The molecule has 1 saturated heterocycles. The van der Waals surface area contributed by atoms with E-state index in [-0.39, 0.29) is 17.9 Å². The first-order chi connectivity index (χ1) is 22.4. The molecule has 1 aliphatic rings. The van der Waals surface area contributed by atoms with Crippen LogP contribution >= 0.6 is 0 Å². The molecule has 0 aliphatic carbocycles. The van der Waals surface area contributed by atoms with Crippen molar-refractivity contribution in [3.63, 3.8) is 0 Å². The number of hydrogen-bond acceptors (Lipinski definition) is 6. The summed E-state index contributed by atoms with van der Waals surface area (Å²) in [6, 6.07) is 28.1. The van der Waals surface area contributed by atoms with Crippen LogP contribution in [0.5, 0.6) is 0 Å². The van der Waals surface area contributed by atoms with E-state index in [4.69, 9.17) is 4.84 Å². The van der Waals surface area contributed by atoms with Crippen molar-refractivity contribution in [3.8, 4) is 5.69 Å². The minimum absolute atomic E-state index is 0.190. The summed E-state index contributed by atoms with van der Waals surface area (Å²) in [5.41, 5.74) is 6.15. The molecular weight excluding hydrogens is 580 g/mol. The average molecular weight is 615 g/mol. The predicted octanol–water partition coefficient (Wildman–Crippen LogP) is 5.89. The molecule has 3 heterocycles. The van der Waals surface area contributed by atoms with Crippen LogP contribution < -0.4 is 20.4 Å². The number of aliphatic hydroxyl groups excluding tert-OH is 1. The Bertz CT molecular complexity index is 2020. The Kier molecular flexibility index (Phi) is 7.86. The number of fused-ring (bicyclic) bond motifs is 2. The maximum absolute atomic E-state index is 13.0. The lowest BCUT2D eigenvalue weighted by Gasteiger charge is -2.31. The van der Waals surface area contributed by atoms with Gasteiger partial charge in [0, 0.05) is 58.2 Å². The number of aromatic nitrogens is 3. The highest BCUT2D eigenvalue weighted by molar-refractivity contribution is 6.06. The SMILES string of the molecule is CCOn1ccc2cc(NC(=O)c3ccc(-n4ncc5cc(NC(=O)c6ccc(N7CCC(O)CC7)cc6)ccc54)cc3)ccc21. The molecule has 0 atom stereocenters. The lowest BCUT2D eigenvalue weighted by Crippen LogP contribution is -2.35. The Morgan fingerprint density at radius 3 is 2.00 bits per heavy atom. The number of aliphatic hydroxyl groups is 1. The Labute approximate surface area is 265 Å². The van der Waals surface area contributed by atoms with Crippen molar-refractivity contribution in [1.29, 1.82) is 0 Å². The van der Waals surface area contributed by atoms with E-state index in [0.717, 1.165) is 59.1 Å². The molecule has 2 amide bonds. The van der Waals surface area contributed by atoms with E-state index < -0.39 is 0 Å². The molecule has 0 spiro atoms. The number of anilines is 3. The quantitative estimate of drug-likeness (QED) is 0.197.